The Morgan fingerprint density at radius 2 is 2.10 bits per heavy atom. The quantitative estimate of drug-likeness (QED) is 0.880. The zero-order valence-electron chi connectivity index (χ0n) is 11.6. The summed E-state index contributed by atoms with van der Waals surface area (Å²) >= 11 is 1.58. The number of ether oxygens (including phenoxy) is 1. The lowest BCUT2D eigenvalue weighted by atomic mass is 10.1. The number of benzene rings is 1. The second-order valence-corrected chi connectivity index (χ2v) is 8.75. The van der Waals surface area contributed by atoms with Crippen LogP contribution in [0.5, 0.6) is 5.75 Å². The van der Waals surface area contributed by atoms with E-state index in [1.807, 2.05) is 31.2 Å². The minimum atomic E-state index is -3.03. The second-order valence-electron chi connectivity index (χ2n) is 5.53. The van der Waals surface area contributed by atoms with Gasteiger partial charge >= 0.3 is 0 Å². The van der Waals surface area contributed by atoms with Gasteiger partial charge in [0.05, 0.1) is 11.5 Å². The Kier molecular flexibility index (Phi) is 3.88. The summed E-state index contributed by atoms with van der Waals surface area (Å²) in [6, 6.07) is 7.28. The first-order valence-electron chi connectivity index (χ1n) is 6.84. The van der Waals surface area contributed by atoms with E-state index in [1.165, 1.54) is 0 Å². The standard InChI is InChI=1S/C14H17NO4S2/c1-9-7-21(17,18)8-10(9)15-14(16)12-6-20-13-5-3-2-4-11(13)19-12/h2-5,9-10,12H,6-8H2,1H3,(H,15,16)/t9-,10+,12-/m0/s1. The highest BCUT2D eigenvalue weighted by atomic mass is 32.2. The van der Waals surface area contributed by atoms with E-state index >= 15 is 0 Å². The van der Waals surface area contributed by atoms with Crippen molar-refractivity contribution in [2.75, 3.05) is 17.3 Å². The van der Waals surface area contributed by atoms with Gasteiger partial charge in [0.25, 0.3) is 5.91 Å². The van der Waals surface area contributed by atoms with Crippen LogP contribution in [0.15, 0.2) is 29.2 Å². The molecule has 0 radical (unpaired) electrons. The molecule has 114 valence electrons. The third-order valence-electron chi connectivity index (χ3n) is 3.77. The molecule has 2 aliphatic heterocycles. The third kappa shape index (κ3) is 3.18. The van der Waals surface area contributed by atoms with Crippen LogP contribution in [0.3, 0.4) is 0 Å². The van der Waals surface area contributed by atoms with Crippen LogP contribution in [0.1, 0.15) is 6.92 Å². The van der Waals surface area contributed by atoms with Gasteiger partial charge < -0.3 is 10.1 Å². The van der Waals surface area contributed by atoms with E-state index < -0.39 is 15.9 Å². The van der Waals surface area contributed by atoms with Gasteiger partial charge in [-0.3, -0.25) is 4.79 Å². The minimum absolute atomic E-state index is 0.0242. The van der Waals surface area contributed by atoms with Crippen LogP contribution >= 0.6 is 11.8 Å². The number of carbonyl (C=O) groups is 1. The molecule has 7 heteroatoms. The molecule has 0 spiro atoms. The van der Waals surface area contributed by atoms with Crippen molar-refractivity contribution in [1.82, 2.24) is 5.32 Å². The largest absolute Gasteiger partial charge is 0.479 e. The van der Waals surface area contributed by atoms with E-state index in [4.69, 9.17) is 4.74 Å². The first-order valence-corrected chi connectivity index (χ1v) is 9.64. The predicted octanol–water partition coefficient (Wildman–Crippen LogP) is 1.09. The number of amides is 1. The van der Waals surface area contributed by atoms with Gasteiger partial charge in [0, 0.05) is 16.7 Å². The summed E-state index contributed by atoms with van der Waals surface area (Å²) in [6.45, 7) is 1.85. The van der Waals surface area contributed by atoms with E-state index in [2.05, 4.69) is 5.32 Å². The summed E-state index contributed by atoms with van der Waals surface area (Å²) in [6.07, 6.45) is -0.569. The van der Waals surface area contributed by atoms with Crippen LogP contribution in [-0.2, 0) is 14.6 Å². The van der Waals surface area contributed by atoms with Gasteiger partial charge in [-0.25, -0.2) is 8.42 Å². The molecular formula is C14H17NO4S2. The zero-order chi connectivity index (χ0) is 15.0. The average molecular weight is 327 g/mol. The maximum atomic E-state index is 12.3. The van der Waals surface area contributed by atoms with Gasteiger partial charge in [0.1, 0.15) is 5.75 Å². The predicted molar refractivity (Wildman–Crippen MR) is 81.3 cm³/mol. The Bertz CT molecular complexity index is 659. The molecule has 1 amide bonds. The molecule has 1 saturated heterocycles. The number of thioether (sulfide) groups is 1. The maximum Gasteiger partial charge on any atom is 0.262 e. The average Bonchev–Trinajstić information content (AvgIpc) is 2.70. The topological polar surface area (TPSA) is 72.5 Å². The van der Waals surface area contributed by atoms with Crippen LogP contribution in [0.25, 0.3) is 0 Å². The summed E-state index contributed by atoms with van der Waals surface area (Å²) in [5.41, 5.74) is 0. The van der Waals surface area contributed by atoms with Gasteiger partial charge in [-0.05, 0) is 18.1 Å². The molecule has 0 aliphatic carbocycles. The van der Waals surface area contributed by atoms with E-state index in [1.54, 1.807) is 11.8 Å². The number of carbonyl (C=O) groups excluding carboxylic acids is 1. The van der Waals surface area contributed by atoms with Crippen molar-refractivity contribution in [3.05, 3.63) is 24.3 Å². The van der Waals surface area contributed by atoms with E-state index in [0.717, 1.165) is 4.90 Å². The summed E-state index contributed by atoms with van der Waals surface area (Å²) in [4.78, 5) is 13.3. The maximum absolute atomic E-state index is 12.3. The number of fused-ring (bicyclic) bond motifs is 1. The van der Waals surface area contributed by atoms with Crippen LogP contribution in [0.2, 0.25) is 0 Å². The van der Waals surface area contributed by atoms with Crippen molar-refractivity contribution in [3.8, 4) is 5.75 Å². The van der Waals surface area contributed by atoms with Crippen LogP contribution in [-0.4, -0.2) is 43.7 Å². The number of hydrogen-bond donors (Lipinski definition) is 1. The van der Waals surface area contributed by atoms with Crippen molar-refractivity contribution in [1.29, 1.82) is 0 Å². The number of sulfone groups is 1. The lowest BCUT2D eigenvalue weighted by Crippen LogP contribution is -2.48. The SMILES string of the molecule is C[C@H]1CS(=O)(=O)C[C@H]1NC(=O)[C@@H]1CSc2ccccc2O1. The van der Waals surface area contributed by atoms with E-state index in [-0.39, 0.29) is 29.4 Å². The number of para-hydroxylation sites is 1. The Morgan fingerprint density at radius 3 is 2.81 bits per heavy atom. The Labute approximate surface area is 128 Å². The highest BCUT2D eigenvalue weighted by Gasteiger charge is 2.37. The number of rotatable bonds is 2. The molecule has 1 aromatic rings. The highest BCUT2D eigenvalue weighted by Crippen LogP contribution is 2.35. The zero-order valence-corrected chi connectivity index (χ0v) is 13.2. The lowest BCUT2D eigenvalue weighted by Gasteiger charge is -2.26. The highest BCUT2D eigenvalue weighted by molar-refractivity contribution is 7.99. The molecule has 1 N–H and O–H groups in total. The molecule has 2 heterocycles. The number of nitrogens with one attached hydrogen (secondary N) is 1. The Balaban J connectivity index is 1.65. The fraction of sp³-hybridized carbons (Fsp3) is 0.500. The second kappa shape index (κ2) is 5.53. The molecule has 21 heavy (non-hydrogen) atoms. The van der Waals surface area contributed by atoms with Crippen molar-refractivity contribution < 1.29 is 17.9 Å². The minimum Gasteiger partial charge on any atom is -0.479 e. The van der Waals surface area contributed by atoms with Crippen LogP contribution in [0, 0.1) is 5.92 Å². The van der Waals surface area contributed by atoms with Gasteiger partial charge in [0.15, 0.2) is 15.9 Å². The molecular weight excluding hydrogens is 310 g/mol. The number of hydrogen-bond acceptors (Lipinski definition) is 5. The van der Waals surface area contributed by atoms with Crippen molar-refractivity contribution >= 4 is 27.5 Å². The molecule has 0 unspecified atom stereocenters. The molecule has 2 aliphatic rings. The van der Waals surface area contributed by atoms with Gasteiger partial charge in [-0.2, -0.15) is 0 Å². The molecule has 0 bridgehead atoms. The fourth-order valence-electron chi connectivity index (χ4n) is 2.63. The summed E-state index contributed by atoms with van der Waals surface area (Å²) < 4.78 is 28.9. The molecule has 3 atom stereocenters. The summed E-state index contributed by atoms with van der Waals surface area (Å²) in [5, 5.41) is 2.83. The van der Waals surface area contributed by atoms with E-state index in [9.17, 15) is 13.2 Å². The van der Waals surface area contributed by atoms with Crippen LogP contribution < -0.4 is 10.1 Å². The Morgan fingerprint density at radius 1 is 1.33 bits per heavy atom. The summed E-state index contributed by atoms with van der Waals surface area (Å²) in [7, 11) is -3.03. The molecule has 1 aromatic carbocycles. The molecule has 0 saturated carbocycles. The molecule has 0 aromatic heterocycles. The monoisotopic (exact) mass is 327 g/mol. The normalized spacial score (nSPS) is 30.2. The third-order valence-corrected chi connectivity index (χ3v) is 6.78. The smallest absolute Gasteiger partial charge is 0.262 e. The molecule has 1 fully saturated rings. The van der Waals surface area contributed by atoms with Crippen LogP contribution in [0.4, 0.5) is 0 Å². The molecule has 3 rings (SSSR count). The Hall–Kier alpha value is -1.21. The lowest BCUT2D eigenvalue weighted by molar-refractivity contribution is -0.128. The first-order chi connectivity index (χ1) is 9.94. The summed E-state index contributed by atoms with van der Waals surface area (Å²) in [5.74, 6) is 1.13. The molecule has 5 nitrogen and oxygen atoms in total. The van der Waals surface area contributed by atoms with Gasteiger partial charge in [0.2, 0.25) is 0 Å². The van der Waals surface area contributed by atoms with E-state index in [0.29, 0.717) is 11.5 Å². The van der Waals surface area contributed by atoms with Crippen molar-refractivity contribution in [3.63, 3.8) is 0 Å². The first kappa shape index (κ1) is 14.7. The fourth-order valence-corrected chi connectivity index (χ4v) is 5.74. The van der Waals surface area contributed by atoms with Gasteiger partial charge in [-0.1, -0.05) is 19.1 Å². The van der Waals surface area contributed by atoms with Crippen molar-refractivity contribution in [2.24, 2.45) is 5.92 Å². The van der Waals surface area contributed by atoms with Gasteiger partial charge in [-0.15, -0.1) is 11.8 Å². The van der Waals surface area contributed by atoms with Crippen molar-refractivity contribution in [2.45, 2.75) is 24.0 Å².